The van der Waals surface area contributed by atoms with Gasteiger partial charge < -0.3 is 14.0 Å². The van der Waals surface area contributed by atoms with Crippen LogP contribution in [0.15, 0.2) is 102 Å². The number of hydrogen-bond donors (Lipinski definition) is 0. The molecular weight excluding hydrogens is 775 g/mol. The Bertz CT molecular complexity index is 2410. The number of benzene rings is 4. The third kappa shape index (κ3) is 6.15. The van der Waals surface area contributed by atoms with E-state index in [1.807, 2.05) is 48.5 Å². The van der Waals surface area contributed by atoms with E-state index in [1.54, 1.807) is 18.2 Å². The maximum absolute atomic E-state index is 7.23. The Morgan fingerprint density at radius 3 is 2.25 bits per heavy atom. The second-order valence-electron chi connectivity index (χ2n) is 11.8. The topological polar surface area (TPSA) is 95.4 Å². The Labute approximate surface area is 296 Å². The minimum absolute atomic E-state index is 0. The zero-order valence-corrected chi connectivity index (χ0v) is 29.2. The molecule has 0 bridgehead atoms. The van der Waals surface area contributed by atoms with Gasteiger partial charge in [0, 0.05) is 41.5 Å². The summed E-state index contributed by atoms with van der Waals surface area (Å²) < 4.78 is 30.1. The van der Waals surface area contributed by atoms with E-state index in [-0.39, 0.29) is 37.5 Å². The molecule has 8 rings (SSSR count). The van der Waals surface area contributed by atoms with Gasteiger partial charge in [0.05, 0.1) is 11.4 Å². The van der Waals surface area contributed by atoms with Gasteiger partial charge >= 0.3 is 0 Å². The zero-order chi connectivity index (χ0) is 35.0. The molecule has 4 aromatic heterocycles. The Morgan fingerprint density at radius 1 is 0.771 bits per heavy atom. The van der Waals surface area contributed by atoms with Crippen LogP contribution in [0, 0.1) is 19.0 Å². The van der Waals surface area contributed by atoms with Gasteiger partial charge in [0.15, 0.2) is 0 Å². The summed E-state index contributed by atoms with van der Waals surface area (Å²) >= 11 is 0. The van der Waals surface area contributed by atoms with Gasteiger partial charge in [0.25, 0.3) is 0 Å². The van der Waals surface area contributed by atoms with Crippen LogP contribution in [0.5, 0.6) is 0 Å². The predicted octanol–water partition coefficient (Wildman–Crippen LogP) is 9.07. The molecule has 0 N–H and O–H groups in total. The minimum atomic E-state index is -2.09. The van der Waals surface area contributed by atoms with E-state index in [0.29, 0.717) is 17.1 Å². The Kier molecular flexibility index (Phi) is 8.44. The molecule has 8 nitrogen and oxygen atoms in total. The standard InChI is InChI=1S/C27H23N6O.C12H10N.Ir/c1-15(2)17-10-7-11-18(16(3)4)23(17)33-26(28-25-27(33)30-32-31-29-25)21-13-8-12-20-19-9-5-6-14-22(19)34-24(20)21;1-10-7-8-12(13-9-10)11-5-3-2-4-6-11;/h5-12,14-16H,1-4H3;2-5,7-9H,1H3;/q2*-1;/i;1D3;. The van der Waals surface area contributed by atoms with E-state index in [0.717, 1.165) is 44.4 Å². The molecule has 241 valence electrons. The number of aromatic nitrogens is 7. The quantitative estimate of drug-likeness (QED) is 0.160. The second kappa shape index (κ2) is 13.9. The summed E-state index contributed by atoms with van der Waals surface area (Å²) in [4.78, 5) is 9.00. The molecule has 8 aromatic rings. The molecular formula is C39H33IrN7O-2. The van der Waals surface area contributed by atoms with Gasteiger partial charge in [-0.3, -0.25) is 4.98 Å². The number of para-hydroxylation sites is 2. The largest absolute Gasteiger partial charge is 0.501 e. The van der Waals surface area contributed by atoms with Crippen LogP contribution in [0.25, 0.3) is 61.6 Å². The van der Waals surface area contributed by atoms with Crippen molar-refractivity contribution < 1.29 is 28.6 Å². The van der Waals surface area contributed by atoms with E-state index >= 15 is 0 Å². The molecule has 48 heavy (non-hydrogen) atoms. The van der Waals surface area contributed by atoms with Crippen molar-refractivity contribution in [2.24, 2.45) is 0 Å². The van der Waals surface area contributed by atoms with E-state index in [2.05, 4.69) is 94.3 Å². The first-order valence-electron chi connectivity index (χ1n) is 17.0. The Hall–Kier alpha value is -5.11. The van der Waals surface area contributed by atoms with Gasteiger partial charge in [-0.1, -0.05) is 87.2 Å². The molecule has 0 amide bonds. The summed E-state index contributed by atoms with van der Waals surface area (Å²) in [5.41, 5.74) is 8.59. The van der Waals surface area contributed by atoms with Gasteiger partial charge in [0.2, 0.25) is 11.3 Å². The van der Waals surface area contributed by atoms with Gasteiger partial charge in [0.1, 0.15) is 5.58 Å². The number of nitrogens with zero attached hydrogens (tertiary/aromatic N) is 7. The maximum atomic E-state index is 7.23. The summed E-state index contributed by atoms with van der Waals surface area (Å²) in [5, 5.41) is 18.2. The first-order valence-corrected chi connectivity index (χ1v) is 15.5. The Morgan fingerprint density at radius 2 is 1.54 bits per heavy atom. The van der Waals surface area contributed by atoms with Crippen LogP contribution >= 0.6 is 0 Å². The van der Waals surface area contributed by atoms with Crippen LogP contribution in [-0.4, -0.2) is 35.2 Å². The van der Waals surface area contributed by atoms with Crippen molar-refractivity contribution in [1.82, 2.24) is 35.2 Å². The van der Waals surface area contributed by atoms with Crippen molar-refractivity contribution in [3.05, 3.63) is 126 Å². The van der Waals surface area contributed by atoms with Crippen molar-refractivity contribution in [2.45, 2.75) is 46.4 Å². The predicted molar refractivity (Wildman–Crippen MR) is 185 cm³/mol. The normalized spacial score (nSPS) is 12.4. The van der Waals surface area contributed by atoms with Gasteiger partial charge in [-0.25, -0.2) is 0 Å². The zero-order valence-electron chi connectivity index (χ0n) is 29.8. The van der Waals surface area contributed by atoms with Crippen LogP contribution in [0.1, 0.15) is 60.3 Å². The molecule has 0 aliphatic carbocycles. The fourth-order valence-corrected chi connectivity index (χ4v) is 5.79. The van der Waals surface area contributed by atoms with Crippen LogP contribution in [0.2, 0.25) is 0 Å². The van der Waals surface area contributed by atoms with Gasteiger partial charge in [-0.15, -0.1) is 64.3 Å². The van der Waals surface area contributed by atoms with Crippen LogP contribution < -0.4 is 0 Å². The van der Waals surface area contributed by atoms with Gasteiger partial charge in [-0.05, 0) is 57.6 Å². The van der Waals surface area contributed by atoms with Crippen LogP contribution in [0.3, 0.4) is 0 Å². The number of furan rings is 1. The third-order valence-corrected chi connectivity index (χ3v) is 8.03. The summed E-state index contributed by atoms with van der Waals surface area (Å²) in [6.45, 7) is 6.68. The molecule has 0 saturated heterocycles. The average molecular weight is 811 g/mol. The molecule has 1 radical (unpaired) electrons. The smallest absolute Gasteiger partial charge is 0.214 e. The minimum Gasteiger partial charge on any atom is -0.501 e. The maximum Gasteiger partial charge on any atom is 0.214 e. The summed E-state index contributed by atoms with van der Waals surface area (Å²) in [5.74, 6) is 1.23. The molecule has 0 unspecified atom stereocenters. The summed E-state index contributed by atoms with van der Waals surface area (Å²) in [6.07, 6.45) is 1.39. The van der Waals surface area contributed by atoms with E-state index in [4.69, 9.17) is 13.5 Å². The second-order valence-corrected chi connectivity index (χ2v) is 11.8. The molecule has 0 atom stereocenters. The Balaban J connectivity index is 0.000000222. The fraction of sp³-hybridized carbons (Fsp3) is 0.179. The number of rotatable bonds is 5. The van der Waals surface area contributed by atoms with Crippen LogP contribution in [0.4, 0.5) is 0 Å². The molecule has 0 saturated carbocycles. The molecule has 0 aliphatic rings. The first-order chi connectivity index (χ1) is 24.1. The van der Waals surface area contributed by atoms with Crippen molar-refractivity contribution in [3.8, 4) is 28.3 Å². The molecule has 4 aromatic carbocycles. The molecule has 9 heteroatoms. The first kappa shape index (κ1) is 29.1. The number of imidazole rings is 1. The monoisotopic (exact) mass is 811 g/mol. The number of fused-ring (bicyclic) bond motifs is 4. The van der Waals surface area contributed by atoms with Crippen LogP contribution in [-0.2, 0) is 20.1 Å². The summed E-state index contributed by atoms with van der Waals surface area (Å²) in [7, 11) is 0. The number of hydrogen-bond acceptors (Lipinski definition) is 7. The van der Waals surface area contributed by atoms with E-state index < -0.39 is 6.85 Å². The van der Waals surface area contributed by atoms with Crippen molar-refractivity contribution in [2.75, 3.05) is 0 Å². The fourth-order valence-electron chi connectivity index (χ4n) is 5.79. The van der Waals surface area contributed by atoms with Crippen molar-refractivity contribution >= 4 is 33.2 Å². The number of pyridine rings is 1. The SMILES string of the molecule is CC(C)c1cccc(C(C)C)c1-n1c(-c2[c-]ccc3c2oc2ccccc23)nc2nnnnc21.[2H]C([2H])([2H])c1ccc(-c2[c-]cccc2)nc1.[Ir]. The average Bonchev–Trinajstić information content (AvgIpc) is 3.70. The number of aryl methyl sites for hydroxylation is 1. The molecule has 4 heterocycles. The summed E-state index contributed by atoms with van der Waals surface area (Å²) in [6, 6.07) is 35.6. The van der Waals surface area contributed by atoms with Crippen molar-refractivity contribution in [3.63, 3.8) is 0 Å². The molecule has 0 spiro atoms. The van der Waals surface area contributed by atoms with Crippen molar-refractivity contribution in [1.29, 1.82) is 0 Å². The molecule has 0 fully saturated rings. The van der Waals surface area contributed by atoms with E-state index in [9.17, 15) is 0 Å². The third-order valence-electron chi connectivity index (χ3n) is 8.03. The van der Waals surface area contributed by atoms with Gasteiger partial charge in [-0.2, -0.15) is 0 Å². The molecule has 0 aliphatic heterocycles. The van der Waals surface area contributed by atoms with E-state index in [1.165, 1.54) is 17.3 Å².